The van der Waals surface area contributed by atoms with Crippen molar-refractivity contribution < 1.29 is 18.0 Å². The van der Waals surface area contributed by atoms with Gasteiger partial charge in [-0.3, -0.25) is 14.2 Å². The number of nitrogens with zero attached hydrogens (tertiary/aromatic N) is 5. The first-order chi connectivity index (χ1) is 13.2. The first-order valence-electron chi connectivity index (χ1n) is 7.96. The summed E-state index contributed by atoms with van der Waals surface area (Å²) in [6.07, 6.45) is -2.12. The van der Waals surface area contributed by atoms with Gasteiger partial charge in [-0.05, 0) is 30.3 Å². The summed E-state index contributed by atoms with van der Waals surface area (Å²) in [5, 5.41) is 6.12. The highest BCUT2D eigenvalue weighted by Crippen LogP contribution is 2.26. The summed E-state index contributed by atoms with van der Waals surface area (Å²) in [5.74, 6) is -1.81. The van der Waals surface area contributed by atoms with Gasteiger partial charge in [-0.15, -0.1) is 5.10 Å². The third kappa shape index (κ3) is 2.96. The van der Waals surface area contributed by atoms with Crippen LogP contribution in [0.5, 0.6) is 0 Å². The maximum absolute atomic E-state index is 12.8. The molecule has 28 heavy (non-hydrogen) atoms. The van der Waals surface area contributed by atoms with Gasteiger partial charge in [0.15, 0.2) is 0 Å². The molecule has 1 amide bonds. The van der Waals surface area contributed by atoms with Crippen molar-refractivity contribution in [3.8, 4) is 5.69 Å². The van der Waals surface area contributed by atoms with Gasteiger partial charge in [0.1, 0.15) is 0 Å². The van der Waals surface area contributed by atoms with Gasteiger partial charge in [0.05, 0.1) is 10.9 Å². The Bertz CT molecular complexity index is 1270. The summed E-state index contributed by atoms with van der Waals surface area (Å²) in [4.78, 5) is 31.1. The van der Waals surface area contributed by atoms with Crippen LogP contribution in [0.3, 0.4) is 0 Å². The molecule has 1 N–H and O–H groups in total. The lowest BCUT2D eigenvalue weighted by Gasteiger charge is -2.09. The second-order valence-corrected chi connectivity index (χ2v) is 5.92. The van der Waals surface area contributed by atoms with Crippen LogP contribution in [-0.4, -0.2) is 30.1 Å². The summed E-state index contributed by atoms with van der Waals surface area (Å²) in [7, 11) is 0. The summed E-state index contributed by atoms with van der Waals surface area (Å²) in [6, 6.07) is 7.97. The Balaban J connectivity index is 1.84. The number of carbonyl (C=O) groups is 1. The Morgan fingerprint density at radius 2 is 1.86 bits per heavy atom. The number of amides is 1. The van der Waals surface area contributed by atoms with Gasteiger partial charge in [0.25, 0.3) is 17.2 Å². The molecule has 0 aliphatic rings. The van der Waals surface area contributed by atoms with Crippen LogP contribution in [0.1, 0.15) is 12.7 Å². The highest BCUT2D eigenvalue weighted by Gasteiger charge is 2.36. The molecule has 0 bridgehead atoms. The van der Waals surface area contributed by atoms with E-state index in [-0.39, 0.29) is 22.6 Å². The van der Waals surface area contributed by atoms with Crippen LogP contribution >= 0.6 is 0 Å². The molecule has 4 rings (SSSR count). The zero-order valence-electron chi connectivity index (χ0n) is 14.2. The van der Waals surface area contributed by atoms with E-state index >= 15 is 0 Å². The Morgan fingerprint density at radius 1 is 1.14 bits per heavy atom. The number of hydrogen-bond acceptors (Lipinski definition) is 5. The molecule has 0 fully saturated rings. The van der Waals surface area contributed by atoms with Crippen LogP contribution in [-0.2, 0) is 11.0 Å². The van der Waals surface area contributed by atoms with Crippen molar-refractivity contribution in [2.75, 3.05) is 5.32 Å². The molecule has 0 unspecified atom stereocenters. The van der Waals surface area contributed by atoms with E-state index in [0.717, 1.165) is 4.52 Å². The molecule has 0 saturated carbocycles. The Hall–Kier alpha value is -3.76. The molecular weight excluding hydrogens is 377 g/mol. The highest BCUT2D eigenvalue weighted by molar-refractivity contribution is 5.88. The van der Waals surface area contributed by atoms with Crippen molar-refractivity contribution >= 4 is 28.3 Å². The van der Waals surface area contributed by atoms with E-state index < -0.39 is 17.6 Å². The van der Waals surface area contributed by atoms with Crippen molar-refractivity contribution in [1.29, 1.82) is 0 Å². The Morgan fingerprint density at radius 3 is 2.50 bits per heavy atom. The molecule has 142 valence electrons. The van der Waals surface area contributed by atoms with Crippen molar-refractivity contribution in [1.82, 2.24) is 24.1 Å². The van der Waals surface area contributed by atoms with Crippen LogP contribution in [0.15, 0.2) is 47.5 Å². The molecule has 0 aliphatic heterocycles. The maximum atomic E-state index is 12.8. The second-order valence-electron chi connectivity index (χ2n) is 5.92. The van der Waals surface area contributed by atoms with Gasteiger partial charge < -0.3 is 5.32 Å². The first kappa shape index (κ1) is 17.6. The molecular formula is C17H11F3N6O2. The molecule has 8 nitrogen and oxygen atoms in total. The first-order valence-corrected chi connectivity index (χ1v) is 7.96. The number of anilines is 1. The van der Waals surface area contributed by atoms with E-state index in [9.17, 15) is 22.8 Å². The van der Waals surface area contributed by atoms with Gasteiger partial charge in [-0.25, -0.2) is 4.98 Å². The summed E-state index contributed by atoms with van der Waals surface area (Å²) in [6.45, 7) is 1.38. The molecule has 0 atom stereocenters. The molecule has 0 saturated heterocycles. The molecule has 0 radical (unpaired) electrons. The predicted octanol–water partition coefficient (Wildman–Crippen LogP) is 2.41. The summed E-state index contributed by atoms with van der Waals surface area (Å²) >= 11 is 0. The lowest BCUT2D eigenvalue weighted by atomic mass is 10.2. The van der Waals surface area contributed by atoms with E-state index in [2.05, 4.69) is 20.4 Å². The number of aromatic nitrogens is 5. The number of fused-ring (bicyclic) bond motifs is 3. The number of nitrogens with one attached hydrogen (secondary N) is 1. The van der Waals surface area contributed by atoms with Gasteiger partial charge in [0.2, 0.25) is 5.91 Å². The molecule has 3 heterocycles. The smallest absolute Gasteiger partial charge is 0.326 e. The van der Waals surface area contributed by atoms with E-state index in [4.69, 9.17) is 0 Å². The average Bonchev–Trinajstić information content (AvgIpc) is 3.07. The van der Waals surface area contributed by atoms with E-state index in [1.54, 1.807) is 24.3 Å². The molecule has 11 heteroatoms. The van der Waals surface area contributed by atoms with Crippen LogP contribution in [0, 0.1) is 0 Å². The maximum Gasteiger partial charge on any atom is 0.453 e. The lowest BCUT2D eigenvalue weighted by molar-refractivity contribution is -0.144. The number of hydrogen-bond donors (Lipinski definition) is 1. The van der Waals surface area contributed by atoms with Crippen LogP contribution in [0.25, 0.3) is 22.4 Å². The Labute approximate surface area is 154 Å². The van der Waals surface area contributed by atoms with Crippen LogP contribution < -0.4 is 10.9 Å². The van der Waals surface area contributed by atoms with Gasteiger partial charge >= 0.3 is 6.18 Å². The minimum Gasteiger partial charge on any atom is -0.326 e. The molecule has 1 aromatic carbocycles. The molecule has 0 aliphatic carbocycles. The minimum atomic E-state index is -4.72. The number of halogens is 3. The summed E-state index contributed by atoms with van der Waals surface area (Å²) in [5.41, 5.74) is 0.749. The molecule has 4 aromatic rings. The molecule has 3 aromatic heterocycles. The lowest BCUT2D eigenvalue weighted by Crippen LogP contribution is -2.19. The fourth-order valence-corrected chi connectivity index (χ4v) is 2.75. The van der Waals surface area contributed by atoms with Crippen molar-refractivity contribution in [2.45, 2.75) is 13.1 Å². The number of alkyl halides is 3. The number of carbonyl (C=O) groups excluding carboxylic acids is 1. The van der Waals surface area contributed by atoms with E-state index in [1.807, 2.05) is 0 Å². The van der Waals surface area contributed by atoms with Gasteiger partial charge in [-0.2, -0.15) is 22.7 Å². The van der Waals surface area contributed by atoms with Gasteiger partial charge in [0, 0.05) is 30.7 Å². The SMILES string of the molecule is CC(=O)Nc1ccc(-n2ccc3c(cnc4nc(C(F)(F)F)nn43)c2=O)cc1. The van der Waals surface area contributed by atoms with Crippen LogP contribution in [0.2, 0.25) is 0 Å². The third-order valence-electron chi connectivity index (χ3n) is 3.95. The number of benzene rings is 1. The quantitative estimate of drug-likeness (QED) is 0.569. The fourth-order valence-electron chi connectivity index (χ4n) is 2.75. The number of pyridine rings is 1. The van der Waals surface area contributed by atoms with Gasteiger partial charge in [-0.1, -0.05) is 0 Å². The van der Waals surface area contributed by atoms with E-state index in [1.165, 1.54) is 30.0 Å². The predicted molar refractivity (Wildman–Crippen MR) is 93.2 cm³/mol. The monoisotopic (exact) mass is 388 g/mol. The zero-order valence-corrected chi connectivity index (χ0v) is 14.2. The van der Waals surface area contributed by atoms with Crippen molar-refractivity contribution in [3.63, 3.8) is 0 Å². The fraction of sp³-hybridized carbons (Fsp3) is 0.118. The third-order valence-corrected chi connectivity index (χ3v) is 3.95. The van der Waals surface area contributed by atoms with Crippen molar-refractivity contribution in [2.24, 2.45) is 0 Å². The zero-order chi connectivity index (χ0) is 20.1. The summed E-state index contributed by atoms with van der Waals surface area (Å²) < 4.78 is 40.7. The van der Waals surface area contributed by atoms with Crippen LogP contribution in [0.4, 0.5) is 18.9 Å². The van der Waals surface area contributed by atoms with Crippen molar-refractivity contribution in [3.05, 3.63) is 58.9 Å². The minimum absolute atomic E-state index is 0.0829. The van der Waals surface area contributed by atoms with E-state index in [0.29, 0.717) is 11.4 Å². The largest absolute Gasteiger partial charge is 0.453 e. The normalized spacial score (nSPS) is 11.9. The topological polar surface area (TPSA) is 94.2 Å². The average molecular weight is 388 g/mol. The number of rotatable bonds is 2. The second kappa shape index (κ2) is 6.15. The standard InChI is InChI=1S/C17H11F3N6O2/c1-9(27)22-10-2-4-11(5-3-10)25-7-6-13-12(14(25)28)8-21-16-23-15(17(18,19)20)24-26(13)16/h2-8H,1H3,(H,22,27). The molecule has 0 spiro atoms. The Kier molecular flexibility index (Phi) is 3.87. The highest BCUT2D eigenvalue weighted by atomic mass is 19.4.